The Morgan fingerprint density at radius 1 is 0.615 bits per heavy atom. The Balaban J connectivity index is 1.48. The van der Waals surface area contributed by atoms with Gasteiger partial charge in [-0.1, -0.05) is 24.3 Å². The molecule has 2 aromatic heterocycles. The number of aromatic amines is 2. The number of fused-ring (bicyclic) bond motifs is 7. The molecule has 2 N–H and O–H groups in total. The van der Waals surface area contributed by atoms with Crippen LogP contribution in [0.3, 0.4) is 0 Å². The van der Waals surface area contributed by atoms with E-state index in [1.54, 1.807) is 0 Å². The monoisotopic (exact) mass is 504 g/mol. The summed E-state index contributed by atoms with van der Waals surface area (Å²) in [5.41, 5.74) is 11.2. The predicted molar refractivity (Wildman–Crippen MR) is 157 cm³/mol. The highest BCUT2D eigenvalue weighted by Crippen LogP contribution is 2.31. The Kier molecular flexibility index (Phi) is 5.17. The van der Waals surface area contributed by atoms with Gasteiger partial charge in [0.2, 0.25) is 0 Å². The molecule has 0 amide bonds. The molecular weight excluding hydrogens is 480 g/mol. The van der Waals surface area contributed by atoms with Gasteiger partial charge in [-0.3, -0.25) is 0 Å². The summed E-state index contributed by atoms with van der Waals surface area (Å²) in [4.78, 5) is 19.4. The van der Waals surface area contributed by atoms with Crippen LogP contribution in [0.25, 0.3) is 16.8 Å². The Hall–Kier alpha value is -5.41. The molecule has 3 aliphatic heterocycles. The number of nitrogens with zero attached hydrogens (tertiary/aromatic N) is 4. The van der Waals surface area contributed by atoms with Gasteiger partial charge in [-0.05, 0) is 84.0 Å². The number of hydrogen-bond acceptors (Lipinski definition) is 4. The molecule has 0 fully saturated rings. The van der Waals surface area contributed by atoms with Crippen molar-refractivity contribution in [3.05, 3.63) is 142 Å². The molecule has 0 aliphatic carbocycles. The summed E-state index contributed by atoms with van der Waals surface area (Å²) in [6.45, 7) is 0. The molecule has 0 saturated heterocycles. The Morgan fingerprint density at radius 2 is 1.26 bits per heavy atom. The van der Waals surface area contributed by atoms with Crippen molar-refractivity contribution in [1.82, 2.24) is 9.97 Å². The van der Waals surface area contributed by atoms with Crippen LogP contribution < -0.4 is 15.6 Å². The summed E-state index contributed by atoms with van der Waals surface area (Å²) in [5.74, 6) is 0. The predicted octanol–water partition coefficient (Wildman–Crippen LogP) is 4.43. The van der Waals surface area contributed by atoms with E-state index in [1.807, 2.05) is 62.7 Å². The first-order valence-corrected chi connectivity index (χ1v) is 12.8. The van der Waals surface area contributed by atoms with Crippen molar-refractivity contribution in [2.45, 2.75) is 0 Å². The molecule has 0 unspecified atom stereocenters. The fraction of sp³-hybridized carbons (Fsp3) is 0.0606. The minimum atomic E-state index is 0.619. The van der Waals surface area contributed by atoms with Gasteiger partial charge in [-0.2, -0.15) is 5.26 Å². The first-order chi connectivity index (χ1) is 19.1. The first-order valence-electron chi connectivity index (χ1n) is 12.8. The van der Waals surface area contributed by atoms with Crippen LogP contribution in [0.15, 0.2) is 113 Å². The second-order valence-corrected chi connectivity index (χ2v) is 9.88. The standard InChI is InChI=1S/C33H24N6/c1-39(2)23-9-7-22(8-10-23)33-30-17-13-26(37-30)24-11-15-28(35-24)32(21-5-3-20(19-34)4-6-21)29-16-12-25(36-29)27-14-18-31(33)38-27/h3-18,37-38H,1-2H3. The second kappa shape index (κ2) is 8.86. The quantitative estimate of drug-likeness (QED) is 0.433. The average Bonchev–Trinajstić information content (AvgIpc) is 3.77. The summed E-state index contributed by atoms with van der Waals surface area (Å²) in [7, 11) is 4.09. The van der Waals surface area contributed by atoms with E-state index in [0.29, 0.717) is 5.56 Å². The van der Waals surface area contributed by atoms with Crippen LogP contribution >= 0.6 is 0 Å². The minimum absolute atomic E-state index is 0.619. The third-order valence-corrected chi connectivity index (χ3v) is 7.23. The van der Waals surface area contributed by atoms with Crippen molar-refractivity contribution >= 4 is 34.0 Å². The lowest BCUT2D eigenvalue weighted by molar-refractivity contribution is 1.13. The first kappa shape index (κ1) is 22.8. The molecule has 6 nitrogen and oxygen atoms in total. The molecule has 6 heteroatoms. The van der Waals surface area contributed by atoms with E-state index < -0.39 is 0 Å². The number of allylic oxidation sites excluding steroid dienone is 4. The van der Waals surface area contributed by atoms with E-state index in [4.69, 9.17) is 9.98 Å². The zero-order chi connectivity index (χ0) is 26.5. The summed E-state index contributed by atoms with van der Waals surface area (Å²) in [6.07, 6.45) is 8.15. The van der Waals surface area contributed by atoms with Gasteiger partial charge in [-0.25, -0.2) is 9.98 Å². The van der Waals surface area contributed by atoms with E-state index in [9.17, 15) is 5.26 Å². The maximum Gasteiger partial charge on any atom is 0.0991 e. The number of H-pyrrole nitrogens is 2. The molecule has 186 valence electrons. The molecule has 8 bridgehead atoms. The number of nitriles is 1. The highest BCUT2D eigenvalue weighted by molar-refractivity contribution is 6.33. The summed E-state index contributed by atoms with van der Waals surface area (Å²) >= 11 is 0. The highest BCUT2D eigenvalue weighted by atomic mass is 15.1. The molecule has 2 aromatic carbocycles. The molecule has 7 rings (SSSR count). The molecule has 0 atom stereocenters. The van der Waals surface area contributed by atoms with Crippen molar-refractivity contribution in [2.24, 2.45) is 9.98 Å². The van der Waals surface area contributed by atoms with E-state index in [1.165, 1.54) is 0 Å². The third-order valence-electron chi connectivity index (χ3n) is 7.23. The van der Waals surface area contributed by atoms with Gasteiger partial charge in [0.05, 0.1) is 45.5 Å². The van der Waals surface area contributed by atoms with E-state index >= 15 is 0 Å². The van der Waals surface area contributed by atoms with Crippen LogP contribution in [-0.4, -0.2) is 35.5 Å². The number of hydrogen-bond donors (Lipinski definition) is 2. The van der Waals surface area contributed by atoms with E-state index in [-0.39, 0.29) is 0 Å². The topological polar surface area (TPSA) is 83.3 Å². The van der Waals surface area contributed by atoms with Crippen molar-refractivity contribution in [3.8, 4) is 6.07 Å². The molecule has 0 spiro atoms. The van der Waals surface area contributed by atoms with Crippen molar-refractivity contribution < 1.29 is 0 Å². The smallest absolute Gasteiger partial charge is 0.0991 e. The molecule has 5 heterocycles. The lowest BCUT2D eigenvalue weighted by Crippen LogP contribution is -2.16. The molecule has 39 heavy (non-hydrogen) atoms. The van der Waals surface area contributed by atoms with E-state index in [0.717, 1.165) is 72.9 Å². The second-order valence-electron chi connectivity index (χ2n) is 9.88. The number of aromatic nitrogens is 2. The number of benzene rings is 2. The molecule has 4 aromatic rings. The van der Waals surface area contributed by atoms with Crippen LogP contribution in [0.1, 0.15) is 28.1 Å². The normalized spacial score (nSPS) is 15.3. The van der Waals surface area contributed by atoms with Crippen LogP contribution in [0.4, 0.5) is 5.69 Å². The third kappa shape index (κ3) is 3.89. The fourth-order valence-corrected chi connectivity index (χ4v) is 5.20. The van der Waals surface area contributed by atoms with Crippen LogP contribution in [0.5, 0.6) is 0 Å². The van der Waals surface area contributed by atoms with Gasteiger partial charge in [0, 0.05) is 42.0 Å². The molecule has 0 radical (unpaired) electrons. The number of nitrogens with one attached hydrogen (secondary N) is 2. The number of rotatable bonds is 3. The summed E-state index contributed by atoms with van der Waals surface area (Å²) in [6, 6.07) is 26.8. The van der Waals surface area contributed by atoms with Crippen LogP contribution in [-0.2, 0) is 0 Å². The average molecular weight is 505 g/mol. The summed E-state index contributed by atoms with van der Waals surface area (Å²) in [5, 5.41) is 11.2. The zero-order valence-electron chi connectivity index (χ0n) is 21.5. The minimum Gasteiger partial charge on any atom is -0.378 e. The van der Waals surface area contributed by atoms with Gasteiger partial charge in [-0.15, -0.1) is 0 Å². The summed E-state index contributed by atoms with van der Waals surface area (Å²) < 4.78 is 0. The van der Waals surface area contributed by atoms with Crippen molar-refractivity contribution in [3.63, 3.8) is 0 Å². The number of anilines is 1. The van der Waals surface area contributed by atoms with Gasteiger partial charge in [0.1, 0.15) is 0 Å². The number of aliphatic imine (C=N–C) groups is 2. The van der Waals surface area contributed by atoms with Gasteiger partial charge >= 0.3 is 0 Å². The SMILES string of the molecule is CN(C)c1ccc(C2=c3ccc([nH]3)=C3C=CC(=N3)C(c3ccc(C#N)cc3)=C3C=CC(=N3)c3ccc2[nH]3)cc1. The van der Waals surface area contributed by atoms with Gasteiger partial charge in [0.15, 0.2) is 0 Å². The fourth-order valence-electron chi connectivity index (χ4n) is 5.20. The maximum absolute atomic E-state index is 9.28. The zero-order valence-corrected chi connectivity index (χ0v) is 21.5. The Labute approximate surface area is 225 Å². The molecule has 3 aliphatic rings. The van der Waals surface area contributed by atoms with Crippen molar-refractivity contribution in [1.29, 1.82) is 5.26 Å². The van der Waals surface area contributed by atoms with E-state index in [2.05, 4.69) is 69.5 Å². The van der Waals surface area contributed by atoms with Gasteiger partial charge in [0.25, 0.3) is 0 Å². The lowest BCUT2D eigenvalue weighted by atomic mass is 9.98. The van der Waals surface area contributed by atoms with Crippen molar-refractivity contribution in [2.75, 3.05) is 19.0 Å². The van der Waals surface area contributed by atoms with Crippen LogP contribution in [0.2, 0.25) is 0 Å². The van der Waals surface area contributed by atoms with Gasteiger partial charge < -0.3 is 14.9 Å². The highest BCUT2D eigenvalue weighted by Gasteiger charge is 2.21. The lowest BCUT2D eigenvalue weighted by Gasteiger charge is -2.13. The molecule has 0 saturated carbocycles. The van der Waals surface area contributed by atoms with Crippen LogP contribution in [0, 0.1) is 11.3 Å². The Morgan fingerprint density at radius 3 is 2.03 bits per heavy atom. The molecular formula is C33H24N6. The maximum atomic E-state index is 9.28. The Bertz CT molecular complexity index is 1960. The largest absolute Gasteiger partial charge is 0.378 e.